The molecule has 1 N–H and O–H groups in total. The molecule has 0 aromatic carbocycles. The third-order valence-electron chi connectivity index (χ3n) is 4.74. The number of carbonyl (C=O) groups is 1. The van der Waals surface area contributed by atoms with Gasteiger partial charge in [-0.2, -0.15) is 5.10 Å². The van der Waals surface area contributed by atoms with Crippen molar-refractivity contribution in [1.29, 1.82) is 0 Å². The molecule has 0 radical (unpaired) electrons. The van der Waals surface area contributed by atoms with Crippen LogP contribution < -0.4 is 0 Å². The molecule has 0 saturated carbocycles. The summed E-state index contributed by atoms with van der Waals surface area (Å²) in [4.78, 5) is 15.4. The number of hydrogen-bond donors (Lipinski definition) is 1. The lowest BCUT2D eigenvalue weighted by Gasteiger charge is -2.31. The third-order valence-corrected chi connectivity index (χ3v) is 7.82. The Morgan fingerprint density at radius 2 is 2.11 bits per heavy atom. The molecule has 1 amide bonds. The van der Waals surface area contributed by atoms with Crippen molar-refractivity contribution in [3.8, 4) is 10.6 Å². The largest absolute Gasteiger partial charge is 0.468 e. The lowest BCUT2D eigenvalue weighted by Crippen LogP contribution is -2.42. The summed E-state index contributed by atoms with van der Waals surface area (Å²) in [6, 6.07) is 8.99. The minimum atomic E-state index is -3.30. The van der Waals surface area contributed by atoms with Crippen molar-refractivity contribution in [2.75, 3.05) is 13.1 Å². The molecule has 1 fully saturated rings. The zero-order chi connectivity index (χ0) is 18.9. The fraction of sp³-hybridized carbons (Fsp3) is 0.333. The van der Waals surface area contributed by atoms with Crippen molar-refractivity contribution in [2.45, 2.75) is 23.8 Å². The molecule has 27 heavy (non-hydrogen) atoms. The van der Waals surface area contributed by atoms with E-state index >= 15 is 0 Å². The summed E-state index contributed by atoms with van der Waals surface area (Å²) in [6.45, 7) is 0.810. The highest BCUT2D eigenvalue weighted by atomic mass is 32.2. The number of rotatable bonds is 5. The van der Waals surface area contributed by atoms with Gasteiger partial charge in [0.1, 0.15) is 11.5 Å². The summed E-state index contributed by atoms with van der Waals surface area (Å²) in [7, 11) is -3.30. The Labute approximate surface area is 160 Å². The van der Waals surface area contributed by atoms with Crippen molar-refractivity contribution >= 4 is 27.1 Å². The van der Waals surface area contributed by atoms with Gasteiger partial charge in [0.25, 0.3) is 5.91 Å². The van der Waals surface area contributed by atoms with Gasteiger partial charge in [0.2, 0.25) is 0 Å². The average Bonchev–Trinajstić information content (AvgIpc) is 3.42. The van der Waals surface area contributed by atoms with Crippen molar-refractivity contribution in [2.24, 2.45) is 0 Å². The van der Waals surface area contributed by atoms with Crippen LogP contribution in [0.3, 0.4) is 0 Å². The standard InChI is InChI=1S/C18H19N3O4S2/c22-18(16-11-15(19-20-16)17-4-2-10-26-17)21-7-5-14(6-8-21)27(23,24)12-13-3-1-9-25-13/h1-4,9-11,14H,5-8,12H2,(H,19,20). The zero-order valence-corrected chi connectivity index (χ0v) is 16.1. The van der Waals surface area contributed by atoms with E-state index in [1.807, 2.05) is 17.5 Å². The molecule has 0 spiro atoms. The number of piperidine rings is 1. The smallest absolute Gasteiger partial charge is 0.274 e. The van der Waals surface area contributed by atoms with Crippen LogP contribution in [0.15, 0.2) is 46.4 Å². The fourth-order valence-corrected chi connectivity index (χ4v) is 5.70. The number of carbonyl (C=O) groups excluding carboxylic acids is 1. The SMILES string of the molecule is O=C(c1cc(-c2cccs2)[nH]n1)N1CCC(S(=O)(=O)Cc2ccco2)CC1. The first-order valence-electron chi connectivity index (χ1n) is 8.65. The molecule has 1 saturated heterocycles. The van der Waals surface area contributed by atoms with Gasteiger partial charge in [0, 0.05) is 13.1 Å². The maximum Gasteiger partial charge on any atom is 0.274 e. The minimum absolute atomic E-state index is 0.0951. The lowest BCUT2D eigenvalue weighted by molar-refractivity contribution is 0.0719. The summed E-state index contributed by atoms with van der Waals surface area (Å²) in [5.74, 6) is 0.185. The lowest BCUT2D eigenvalue weighted by atomic mass is 10.1. The van der Waals surface area contributed by atoms with Gasteiger partial charge in [0.15, 0.2) is 15.5 Å². The van der Waals surface area contributed by atoms with Crippen molar-refractivity contribution in [1.82, 2.24) is 15.1 Å². The number of hydrogen-bond acceptors (Lipinski definition) is 6. The number of aromatic nitrogens is 2. The number of amides is 1. The number of aromatic amines is 1. The van der Waals surface area contributed by atoms with E-state index in [9.17, 15) is 13.2 Å². The molecule has 3 aromatic heterocycles. The van der Waals surface area contributed by atoms with E-state index in [0.29, 0.717) is 37.4 Å². The van der Waals surface area contributed by atoms with Crippen molar-refractivity contribution in [3.05, 3.63) is 53.4 Å². The molecule has 142 valence electrons. The predicted octanol–water partition coefficient (Wildman–Crippen LogP) is 2.95. The Kier molecular flexibility index (Phi) is 4.88. The van der Waals surface area contributed by atoms with Gasteiger partial charge in [-0.1, -0.05) is 6.07 Å². The summed E-state index contributed by atoms with van der Waals surface area (Å²) in [5.41, 5.74) is 1.17. The van der Waals surface area contributed by atoms with Crippen LogP contribution in [0.1, 0.15) is 29.1 Å². The van der Waals surface area contributed by atoms with Crippen LogP contribution >= 0.6 is 11.3 Å². The highest BCUT2D eigenvalue weighted by Gasteiger charge is 2.33. The molecule has 7 nitrogen and oxygen atoms in total. The first kappa shape index (κ1) is 18.0. The number of H-pyrrole nitrogens is 1. The van der Waals surface area contributed by atoms with Crippen LogP contribution in [0.2, 0.25) is 0 Å². The number of likely N-dealkylation sites (tertiary alicyclic amines) is 1. The Morgan fingerprint density at radius 1 is 1.30 bits per heavy atom. The molecule has 4 rings (SSSR count). The van der Waals surface area contributed by atoms with Gasteiger partial charge in [-0.15, -0.1) is 11.3 Å². The van der Waals surface area contributed by atoms with Crippen molar-refractivity contribution < 1.29 is 17.6 Å². The van der Waals surface area contributed by atoms with E-state index in [4.69, 9.17) is 4.42 Å². The number of thiophene rings is 1. The zero-order valence-electron chi connectivity index (χ0n) is 14.5. The van der Waals surface area contributed by atoms with E-state index in [0.717, 1.165) is 10.6 Å². The quantitative estimate of drug-likeness (QED) is 0.704. The van der Waals surface area contributed by atoms with Crippen LogP contribution in [-0.4, -0.2) is 47.8 Å². The van der Waals surface area contributed by atoms with Crippen LogP contribution in [-0.2, 0) is 15.6 Å². The molecule has 0 bridgehead atoms. The fourth-order valence-electron chi connectivity index (χ4n) is 3.28. The van der Waals surface area contributed by atoms with Gasteiger partial charge in [0.05, 0.1) is 22.1 Å². The molecule has 0 aliphatic carbocycles. The Bertz CT molecular complexity index is 999. The molecule has 1 aliphatic heterocycles. The van der Waals surface area contributed by atoms with Crippen LogP contribution in [0.25, 0.3) is 10.6 Å². The molecule has 1 aliphatic rings. The Hall–Kier alpha value is -2.39. The highest BCUT2D eigenvalue weighted by molar-refractivity contribution is 7.91. The minimum Gasteiger partial charge on any atom is -0.468 e. The molecular formula is C18H19N3O4S2. The van der Waals surface area contributed by atoms with Gasteiger partial charge in [-0.25, -0.2) is 8.42 Å². The topological polar surface area (TPSA) is 96.3 Å². The molecule has 3 aromatic rings. The van der Waals surface area contributed by atoms with Gasteiger partial charge in [-0.3, -0.25) is 9.89 Å². The maximum absolute atomic E-state index is 12.7. The van der Waals surface area contributed by atoms with Gasteiger partial charge in [-0.05, 0) is 42.5 Å². The number of furan rings is 1. The summed E-state index contributed by atoms with van der Waals surface area (Å²) in [5, 5.41) is 8.53. The van der Waals surface area contributed by atoms with Crippen LogP contribution in [0, 0.1) is 0 Å². The van der Waals surface area contributed by atoms with E-state index in [-0.39, 0.29) is 11.7 Å². The molecule has 9 heteroatoms. The van der Waals surface area contributed by atoms with Crippen LogP contribution in [0.4, 0.5) is 0 Å². The second-order valence-corrected chi connectivity index (χ2v) is 9.75. The molecule has 4 heterocycles. The first-order chi connectivity index (χ1) is 13.0. The number of sulfone groups is 1. The second-order valence-electron chi connectivity index (χ2n) is 6.52. The highest BCUT2D eigenvalue weighted by Crippen LogP contribution is 2.25. The summed E-state index contributed by atoms with van der Waals surface area (Å²) >= 11 is 1.57. The molecule has 0 atom stereocenters. The van der Waals surface area contributed by atoms with E-state index < -0.39 is 15.1 Å². The normalized spacial score (nSPS) is 15.9. The summed E-state index contributed by atoms with van der Waals surface area (Å²) < 4.78 is 30.3. The van der Waals surface area contributed by atoms with E-state index in [1.165, 1.54) is 6.26 Å². The van der Waals surface area contributed by atoms with E-state index in [1.54, 1.807) is 34.4 Å². The van der Waals surface area contributed by atoms with Crippen LogP contribution in [0.5, 0.6) is 0 Å². The first-order valence-corrected chi connectivity index (χ1v) is 11.2. The monoisotopic (exact) mass is 405 g/mol. The maximum atomic E-state index is 12.7. The third kappa shape index (κ3) is 3.84. The van der Waals surface area contributed by atoms with E-state index in [2.05, 4.69) is 10.2 Å². The number of nitrogens with one attached hydrogen (secondary N) is 1. The predicted molar refractivity (Wildman–Crippen MR) is 102 cm³/mol. The van der Waals surface area contributed by atoms with Gasteiger partial charge < -0.3 is 9.32 Å². The number of nitrogens with zero attached hydrogens (tertiary/aromatic N) is 2. The molecule has 0 unspecified atom stereocenters. The average molecular weight is 406 g/mol. The Balaban J connectivity index is 1.38. The summed E-state index contributed by atoms with van der Waals surface area (Å²) in [6.07, 6.45) is 2.33. The second kappa shape index (κ2) is 7.32. The van der Waals surface area contributed by atoms with Gasteiger partial charge >= 0.3 is 0 Å². The van der Waals surface area contributed by atoms with Crippen molar-refractivity contribution in [3.63, 3.8) is 0 Å². The molecular weight excluding hydrogens is 386 g/mol. The Morgan fingerprint density at radius 3 is 2.78 bits per heavy atom.